The van der Waals surface area contributed by atoms with Crippen molar-refractivity contribution in [2.45, 2.75) is 24.8 Å². The molecular formula is C11H14FN3. The van der Waals surface area contributed by atoms with E-state index in [0.29, 0.717) is 0 Å². The molecule has 0 aromatic heterocycles. The van der Waals surface area contributed by atoms with Crippen LogP contribution >= 0.6 is 0 Å². The van der Waals surface area contributed by atoms with Gasteiger partial charge in [-0.05, 0) is 30.4 Å². The molecule has 0 bridgehead atoms. The molecule has 15 heavy (non-hydrogen) atoms. The third-order valence-corrected chi connectivity index (χ3v) is 2.79. The number of guanidine groups is 1. The zero-order valence-corrected chi connectivity index (χ0v) is 8.36. The molecule has 0 amide bonds. The van der Waals surface area contributed by atoms with E-state index in [1.54, 1.807) is 6.07 Å². The summed E-state index contributed by atoms with van der Waals surface area (Å²) >= 11 is 0. The SMILES string of the molecule is NC(N)=NC1CC(c2ccccc2F)C1. The van der Waals surface area contributed by atoms with Gasteiger partial charge in [0, 0.05) is 0 Å². The van der Waals surface area contributed by atoms with Crippen LogP contribution in [0, 0.1) is 5.82 Å². The lowest BCUT2D eigenvalue weighted by Gasteiger charge is -2.33. The molecule has 1 aromatic rings. The largest absolute Gasteiger partial charge is 0.370 e. The van der Waals surface area contributed by atoms with E-state index in [-0.39, 0.29) is 23.7 Å². The van der Waals surface area contributed by atoms with Crippen LogP contribution in [0.25, 0.3) is 0 Å². The first-order valence-electron chi connectivity index (χ1n) is 5.00. The molecule has 0 unspecified atom stereocenters. The maximum Gasteiger partial charge on any atom is 0.186 e. The second-order valence-corrected chi connectivity index (χ2v) is 3.90. The molecule has 0 radical (unpaired) electrons. The first-order valence-corrected chi connectivity index (χ1v) is 5.00. The molecule has 2 rings (SSSR count). The van der Waals surface area contributed by atoms with E-state index in [1.165, 1.54) is 6.07 Å². The van der Waals surface area contributed by atoms with Crippen molar-refractivity contribution in [2.75, 3.05) is 0 Å². The minimum Gasteiger partial charge on any atom is -0.370 e. The van der Waals surface area contributed by atoms with Crippen molar-refractivity contribution in [3.63, 3.8) is 0 Å². The van der Waals surface area contributed by atoms with Crippen LogP contribution in [-0.4, -0.2) is 12.0 Å². The standard InChI is InChI=1S/C11H14FN3/c12-10-4-2-1-3-9(10)7-5-8(6-7)15-11(13)14/h1-4,7-8H,5-6H2,(H4,13,14,15). The van der Waals surface area contributed by atoms with Crippen LogP contribution in [0.3, 0.4) is 0 Å². The maximum absolute atomic E-state index is 13.4. The Morgan fingerprint density at radius 1 is 1.27 bits per heavy atom. The van der Waals surface area contributed by atoms with Gasteiger partial charge in [-0.3, -0.25) is 4.99 Å². The van der Waals surface area contributed by atoms with Gasteiger partial charge < -0.3 is 11.5 Å². The lowest BCUT2D eigenvalue weighted by atomic mass is 9.76. The summed E-state index contributed by atoms with van der Waals surface area (Å²) in [6.07, 6.45) is 1.66. The Morgan fingerprint density at radius 2 is 1.93 bits per heavy atom. The van der Waals surface area contributed by atoms with Gasteiger partial charge in [0.05, 0.1) is 6.04 Å². The molecule has 0 atom stereocenters. The fourth-order valence-corrected chi connectivity index (χ4v) is 1.96. The Labute approximate surface area is 88.0 Å². The Balaban J connectivity index is 2.01. The van der Waals surface area contributed by atoms with Crippen molar-refractivity contribution < 1.29 is 4.39 Å². The summed E-state index contributed by atoms with van der Waals surface area (Å²) in [7, 11) is 0. The van der Waals surface area contributed by atoms with Crippen molar-refractivity contribution in [1.29, 1.82) is 0 Å². The highest BCUT2D eigenvalue weighted by Crippen LogP contribution is 2.39. The number of nitrogens with two attached hydrogens (primary N) is 2. The minimum atomic E-state index is -0.134. The molecule has 80 valence electrons. The van der Waals surface area contributed by atoms with Crippen LogP contribution in [0.5, 0.6) is 0 Å². The van der Waals surface area contributed by atoms with Gasteiger partial charge in [0.1, 0.15) is 5.82 Å². The normalized spacial score (nSPS) is 24.3. The van der Waals surface area contributed by atoms with Gasteiger partial charge >= 0.3 is 0 Å². The molecule has 0 heterocycles. The second-order valence-electron chi connectivity index (χ2n) is 3.90. The zero-order valence-electron chi connectivity index (χ0n) is 8.36. The molecule has 1 saturated carbocycles. The Morgan fingerprint density at radius 3 is 2.53 bits per heavy atom. The third kappa shape index (κ3) is 2.09. The lowest BCUT2D eigenvalue weighted by molar-refractivity contribution is 0.344. The molecular weight excluding hydrogens is 193 g/mol. The summed E-state index contributed by atoms with van der Waals surface area (Å²) in [5, 5.41) is 0. The minimum absolute atomic E-state index is 0.118. The quantitative estimate of drug-likeness (QED) is 0.568. The van der Waals surface area contributed by atoms with Gasteiger partial charge in [-0.2, -0.15) is 0 Å². The molecule has 4 heteroatoms. The van der Waals surface area contributed by atoms with Crippen molar-refractivity contribution in [3.8, 4) is 0 Å². The van der Waals surface area contributed by atoms with Gasteiger partial charge in [0.15, 0.2) is 5.96 Å². The predicted octanol–water partition coefficient (Wildman–Crippen LogP) is 1.35. The van der Waals surface area contributed by atoms with E-state index in [4.69, 9.17) is 11.5 Å². The molecule has 0 spiro atoms. The van der Waals surface area contributed by atoms with Crippen LogP contribution in [0.15, 0.2) is 29.3 Å². The van der Waals surface area contributed by atoms with E-state index < -0.39 is 0 Å². The van der Waals surface area contributed by atoms with Gasteiger partial charge in [-0.15, -0.1) is 0 Å². The molecule has 1 aromatic carbocycles. The summed E-state index contributed by atoms with van der Waals surface area (Å²) in [5.41, 5.74) is 11.3. The smallest absolute Gasteiger partial charge is 0.186 e. The zero-order chi connectivity index (χ0) is 10.8. The second kappa shape index (κ2) is 3.88. The number of hydrogen-bond donors (Lipinski definition) is 2. The van der Waals surface area contributed by atoms with Crippen LogP contribution < -0.4 is 11.5 Å². The van der Waals surface area contributed by atoms with Crippen molar-refractivity contribution in [3.05, 3.63) is 35.6 Å². The summed E-state index contributed by atoms with van der Waals surface area (Å²) < 4.78 is 13.4. The van der Waals surface area contributed by atoms with Crippen molar-refractivity contribution >= 4 is 5.96 Å². The summed E-state index contributed by atoms with van der Waals surface area (Å²) in [6, 6.07) is 7.03. The Hall–Kier alpha value is -1.58. The summed E-state index contributed by atoms with van der Waals surface area (Å²) in [5.74, 6) is 0.247. The van der Waals surface area contributed by atoms with Gasteiger partial charge in [0.2, 0.25) is 0 Å². The van der Waals surface area contributed by atoms with Crippen LogP contribution in [-0.2, 0) is 0 Å². The molecule has 1 fully saturated rings. The van der Waals surface area contributed by atoms with Crippen LogP contribution in [0.4, 0.5) is 4.39 Å². The van der Waals surface area contributed by atoms with Crippen molar-refractivity contribution in [1.82, 2.24) is 0 Å². The molecule has 1 aliphatic rings. The predicted molar refractivity (Wildman–Crippen MR) is 58.0 cm³/mol. The number of benzene rings is 1. The molecule has 4 N–H and O–H groups in total. The first-order chi connectivity index (χ1) is 7.16. The fraction of sp³-hybridized carbons (Fsp3) is 0.364. The average molecular weight is 207 g/mol. The molecule has 0 aliphatic heterocycles. The van der Waals surface area contributed by atoms with E-state index >= 15 is 0 Å². The van der Waals surface area contributed by atoms with Gasteiger partial charge in [-0.25, -0.2) is 4.39 Å². The number of nitrogens with zero attached hydrogens (tertiary/aromatic N) is 1. The highest BCUT2D eigenvalue weighted by Gasteiger charge is 2.31. The Kier molecular flexibility index (Phi) is 2.58. The lowest BCUT2D eigenvalue weighted by Crippen LogP contribution is -2.32. The van der Waals surface area contributed by atoms with Gasteiger partial charge in [0.25, 0.3) is 0 Å². The third-order valence-electron chi connectivity index (χ3n) is 2.79. The molecule has 0 saturated heterocycles. The van der Waals surface area contributed by atoms with Crippen molar-refractivity contribution in [2.24, 2.45) is 16.5 Å². The molecule has 1 aliphatic carbocycles. The monoisotopic (exact) mass is 207 g/mol. The summed E-state index contributed by atoms with van der Waals surface area (Å²) in [6.45, 7) is 0. The van der Waals surface area contributed by atoms with Crippen LogP contribution in [0.2, 0.25) is 0 Å². The Bertz CT molecular complexity index is 379. The average Bonchev–Trinajstić information content (AvgIpc) is 2.12. The van der Waals surface area contributed by atoms with E-state index in [2.05, 4.69) is 4.99 Å². The van der Waals surface area contributed by atoms with E-state index in [0.717, 1.165) is 18.4 Å². The fourth-order valence-electron chi connectivity index (χ4n) is 1.96. The number of rotatable bonds is 2. The number of hydrogen-bond acceptors (Lipinski definition) is 1. The topological polar surface area (TPSA) is 64.4 Å². The highest BCUT2D eigenvalue weighted by molar-refractivity contribution is 5.76. The number of halogens is 1. The van der Waals surface area contributed by atoms with E-state index in [1.807, 2.05) is 12.1 Å². The summed E-state index contributed by atoms with van der Waals surface area (Å²) in [4.78, 5) is 4.04. The maximum atomic E-state index is 13.4. The van der Waals surface area contributed by atoms with E-state index in [9.17, 15) is 4.39 Å². The van der Waals surface area contributed by atoms with Gasteiger partial charge in [-0.1, -0.05) is 18.2 Å². The highest BCUT2D eigenvalue weighted by atomic mass is 19.1. The molecule has 3 nitrogen and oxygen atoms in total. The van der Waals surface area contributed by atoms with Crippen LogP contribution in [0.1, 0.15) is 24.3 Å². The number of aliphatic imine (C=N–C) groups is 1. The first kappa shape index (κ1) is 9.96.